The number of phenolic OH excluding ortho intramolecular Hbond substituents is 3. The van der Waals surface area contributed by atoms with E-state index in [2.05, 4.69) is 59.7 Å². The molecule has 0 saturated heterocycles. The van der Waals surface area contributed by atoms with Gasteiger partial charge in [-0.25, -0.2) is 0 Å². The van der Waals surface area contributed by atoms with Crippen LogP contribution in [0.15, 0.2) is 54.6 Å². The minimum atomic E-state index is -2.62. The van der Waals surface area contributed by atoms with Crippen molar-refractivity contribution < 1.29 is 30.0 Å². The first-order chi connectivity index (χ1) is 23.6. The Morgan fingerprint density at radius 2 is 0.571 bits per heavy atom. The molecule has 0 unspecified atom stereocenters. The van der Waals surface area contributed by atoms with Crippen molar-refractivity contribution in [3.05, 3.63) is 88.0 Å². The van der Waals surface area contributed by atoms with Crippen LogP contribution in [0.1, 0.15) is 152 Å². The summed E-state index contributed by atoms with van der Waals surface area (Å²) in [6, 6.07) is 18.2. The lowest BCUT2D eigenvalue weighted by atomic mass is 10.0. The average Bonchev–Trinajstić information content (AvgIpc) is 3.09. The molecule has 0 aliphatic carbocycles. The Labute approximate surface area is 300 Å². The normalized spacial score (nSPS) is 10.4. The fraction of sp³-hybridized carbons (Fsp3) is 0.571. The molecule has 3 aromatic rings. The van der Waals surface area contributed by atoms with E-state index in [1.807, 2.05) is 36.4 Å². The number of hydrogen-bond donors (Lipinski definition) is 6. The van der Waals surface area contributed by atoms with E-state index < -0.39 is 8.60 Å². The topological polar surface area (TPSA) is 121 Å². The van der Waals surface area contributed by atoms with Crippen LogP contribution in [0.5, 0.6) is 17.2 Å². The van der Waals surface area contributed by atoms with Crippen LogP contribution in [-0.2, 0) is 38.5 Å². The van der Waals surface area contributed by atoms with Crippen LogP contribution in [-0.4, -0.2) is 30.0 Å². The molecule has 0 radical (unpaired) electrons. The van der Waals surface area contributed by atoms with Gasteiger partial charge in [-0.3, -0.25) is 0 Å². The van der Waals surface area contributed by atoms with E-state index in [0.29, 0.717) is 17.2 Å². The molecule has 0 spiro atoms. The quantitative estimate of drug-likeness (QED) is 0.0735. The predicted octanol–water partition coefficient (Wildman–Crippen LogP) is 11.4. The molecule has 0 aliphatic heterocycles. The van der Waals surface area contributed by atoms with Crippen LogP contribution in [0.2, 0.25) is 0 Å². The van der Waals surface area contributed by atoms with Crippen molar-refractivity contribution in [2.24, 2.45) is 0 Å². The molecule has 0 amide bonds. The van der Waals surface area contributed by atoms with Crippen LogP contribution in [0.4, 0.5) is 0 Å². The molecule has 6 nitrogen and oxygen atoms in total. The summed E-state index contributed by atoms with van der Waals surface area (Å²) in [6.07, 6.45) is 20.8. The van der Waals surface area contributed by atoms with E-state index in [1.165, 1.54) is 74.5 Å². The molecular formula is C42H69O6P. The lowest BCUT2D eigenvalue weighted by Crippen LogP contribution is -1.90. The summed E-state index contributed by atoms with van der Waals surface area (Å²) in [5.41, 5.74) is 7.43. The van der Waals surface area contributed by atoms with Gasteiger partial charge in [0.1, 0.15) is 17.2 Å². The first-order valence-corrected chi connectivity index (χ1v) is 20.0. The van der Waals surface area contributed by atoms with Crippen molar-refractivity contribution in [1.82, 2.24) is 0 Å². The number of benzene rings is 3. The van der Waals surface area contributed by atoms with Gasteiger partial charge < -0.3 is 30.0 Å². The Balaban J connectivity index is 0.000000667. The van der Waals surface area contributed by atoms with Crippen molar-refractivity contribution in [2.75, 3.05) is 0 Å². The highest BCUT2D eigenvalue weighted by molar-refractivity contribution is 7.38. The number of hydrogen-bond acceptors (Lipinski definition) is 6. The summed E-state index contributed by atoms with van der Waals surface area (Å²) in [6.45, 7) is 13.2. The minimum absolute atomic E-state index is 0.462. The lowest BCUT2D eigenvalue weighted by molar-refractivity contribution is 0.368. The Morgan fingerprint density at radius 3 is 0.776 bits per heavy atom. The summed E-state index contributed by atoms with van der Waals surface area (Å²) in [7, 11) is -2.62. The zero-order chi connectivity index (χ0) is 36.9. The molecule has 3 rings (SSSR count). The molecule has 7 heteroatoms. The molecule has 6 N–H and O–H groups in total. The van der Waals surface area contributed by atoms with Crippen molar-refractivity contribution in [1.29, 1.82) is 0 Å². The minimum Gasteiger partial charge on any atom is -0.508 e. The van der Waals surface area contributed by atoms with E-state index in [0.717, 1.165) is 74.5 Å². The standard InChI is InChI=1S/3C14H22O.H3O3P/c3*1-3-5-7-12-9-10-14(15)13(11-12)8-6-4-2;1-4(2)3/h3*9-11,15H,3-8H2,1-2H3;1-3H. The lowest BCUT2D eigenvalue weighted by Gasteiger charge is -2.07. The summed E-state index contributed by atoms with van der Waals surface area (Å²) in [4.78, 5) is 21.7. The molecule has 0 aliphatic rings. The Morgan fingerprint density at radius 1 is 0.367 bits per heavy atom. The molecule has 3 aromatic carbocycles. The fourth-order valence-corrected chi connectivity index (χ4v) is 5.23. The number of aromatic hydroxyl groups is 3. The summed E-state index contributed by atoms with van der Waals surface area (Å²) < 4.78 is 0. The number of rotatable bonds is 18. The first kappa shape index (κ1) is 46.4. The molecule has 0 fully saturated rings. The van der Waals surface area contributed by atoms with Crippen molar-refractivity contribution >= 4 is 8.60 Å². The molecule has 0 heterocycles. The van der Waals surface area contributed by atoms with E-state index in [1.54, 1.807) is 0 Å². The summed E-state index contributed by atoms with van der Waals surface area (Å²) in [5.74, 6) is 1.39. The third-order valence-electron chi connectivity index (χ3n) is 8.29. The molecule has 0 saturated carbocycles. The SMILES string of the molecule is CCCCc1ccc(O)c(CCCC)c1.CCCCc1ccc(O)c(CCCC)c1.CCCCc1ccc(O)c(CCCC)c1.OP(O)O. The molecular weight excluding hydrogens is 631 g/mol. The zero-order valence-electron chi connectivity index (χ0n) is 31.6. The second-order valence-electron chi connectivity index (χ2n) is 12.8. The Bertz CT molecular complexity index is 1080. The zero-order valence-corrected chi connectivity index (χ0v) is 32.4. The van der Waals surface area contributed by atoms with Gasteiger partial charge in [0, 0.05) is 0 Å². The molecule has 49 heavy (non-hydrogen) atoms. The van der Waals surface area contributed by atoms with Crippen LogP contribution >= 0.6 is 8.60 Å². The average molecular weight is 701 g/mol. The summed E-state index contributed by atoms with van der Waals surface area (Å²) >= 11 is 0. The maximum Gasteiger partial charge on any atom is 0.324 e. The maximum absolute atomic E-state index is 9.69. The van der Waals surface area contributed by atoms with Crippen molar-refractivity contribution in [3.8, 4) is 17.2 Å². The predicted molar refractivity (Wildman–Crippen MR) is 210 cm³/mol. The van der Waals surface area contributed by atoms with Crippen LogP contribution in [0.3, 0.4) is 0 Å². The van der Waals surface area contributed by atoms with Crippen LogP contribution in [0.25, 0.3) is 0 Å². The highest BCUT2D eigenvalue weighted by atomic mass is 31.2. The van der Waals surface area contributed by atoms with E-state index in [4.69, 9.17) is 14.7 Å². The monoisotopic (exact) mass is 700 g/mol. The van der Waals surface area contributed by atoms with Gasteiger partial charge in [-0.1, -0.05) is 116 Å². The third-order valence-corrected chi connectivity index (χ3v) is 8.29. The number of aryl methyl sites for hydroxylation is 6. The maximum atomic E-state index is 9.69. The molecule has 0 atom stereocenters. The van der Waals surface area contributed by atoms with Gasteiger partial charge in [-0.15, -0.1) is 0 Å². The van der Waals surface area contributed by atoms with E-state index in [-0.39, 0.29) is 0 Å². The van der Waals surface area contributed by atoms with Gasteiger partial charge in [0.2, 0.25) is 0 Å². The molecule has 0 bridgehead atoms. The number of unbranched alkanes of at least 4 members (excludes halogenated alkanes) is 6. The summed E-state index contributed by atoms with van der Waals surface area (Å²) in [5, 5.41) is 29.1. The Kier molecular flexibility index (Phi) is 28.6. The smallest absolute Gasteiger partial charge is 0.324 e. The van der Waals surface area contributed by atoms with Gasteiger partial charge in [-0.2, -0.15) is 0 Å². The molecule has 278 valence electrons. The van der Waals surface area contributed by atoms with Gasteiger partial charge in [-0.05, 0) is 129 Å². The van der Waals surface area contributed by atoms with Gasteiger partial charge in [0.25, 0.3) is 0 Å². The number of phenols is 3. The third kappa shape index (κ3) is 23.4. The van der Waals surface area contributed by atoms with E-state index in [9.17, 15) is 15.3 Å². The van der Waals surface area contributed by atoms with Gasteiger partial charge >= 0.3 is 8.60 Å². The highest BCUT2D eigenvalue weighted by Gasteiger charge is 2.04. The van der Waals surface area contributed by atoms with E-state index >= 15 is 0 Å². The van der Waals surface area contributed by atoms with Crippen LogP contribution in [0, 0.1) is 0 Å². The first-order valence-electron chi connectivity index (χ1n) is 18.8. The van der Waals surface area contributed by atoms with Crippen molar-refractivity contribution in [3.63, 3.8) is 0 Å². The Hall–Kier alpha value is -2.63. The van der Waals surface area contributed by atoms with Gasteiger partial charge in [0.15, 0.2) is 0 Å². The largest absolute Gasteiger partial charge is 0.508 e. The van der Waals surface area contributed by atoms with Crippen molar-refractivity contribution in [2.45, 2.75) is 157 Å². The highest BCUT2D eigenvalue weighted by Crippen LogP contribution is 2.24. The van der Waals surface area contributed by atoms with Crippen LogP contribution < -0.4 is 0 Å². The second kappa shape index (κ2) is 30.2. The van der Waals surface area contributed by atoms with Gasteiger partial charge in [0.05, 0.1) is 0 Å². The second-order valence-corrected chi connectivity index (χ2v) is 13.3. The fourth-order valence-electron chi connectivity index (χ4n) is 5.23. The molecule has 0 aromatic heterocycles.